The highest BCUT2D eigenvalue weighted by atomic mass is 16.6. The van der Waals surface area contributed by atoms with Crippen molar-refractivity contribution in [1.29, 1.82) is 0 Å². The molecule has 0 aliphatic rings. The maximum absolute atomic E-state index is 12.1. The van der Waals surface area contributed by atoms with E-state index in [1.54, 1.807) is 18.2 Å². The van der Waals surface area contributed by atoms with Gasteiger partial charge in [-0.05, 0) is 50.2 Å². The van der Waals surface area contributed by atoms with Crippen LogP contribution < -0.4 is 4.74 Å². The van der Waals surface area contributed by atoms with Gasteiger partial charge in [0.2, 0.25) is 0 Å². The molecule has 2 aromatic rings. The second-order valence-electron chi connectivity index (χ2n) is 11.5. The van der Waals surface area contributed by atoms with Crippen LogP contribution in [0.15, 0.2) is 54.6 Å². The van der Waals surface area contributed by atoms with E-state index in [-0.39, 0.29) is 29.8 Å². The van der Waals surface area contributed by atoms with Crippen LogP contribution in [0.5, 0.6) is 5.75 Å². The third-order valence-corrected chi connectivity index (χ3v) is 7.43. The van der Waals surface area contributed by atoms with Crippen LogP contribution >= 0.6 is 0 Å². The molecule has 0 heterocycles. The van der Waals surface area contributed by atoms with E-state index in [0.717, 1.165) is 82.6 Å². The van der Waals surface area contributed by atoms with Crippen molar-refractivity contribution in [2.45, 2.75) is 149 Å². The SMILES string of the molecule is CCCCC(CCCC)OC(=O)CCCCC(=O)OC(CCCC)CCCC.O=[N+]([O-])c1ccccc1OCc1ccccc1. The Labute approximate surface area is 271 Å². The predicted molar refractivity (Wildman–Crippen MR) is 180 cm³/mol. The first-order valence-electron chi connectivity index (χ1n) is 17.1. The Morgan fingerprint density at radius 2 is 1.07 bits per heavy atom. The summed E-state index contributed by atoms with van der Waals surface area (Å²) in [7, 11) is 0. The molecule has 0 aliphatic heterocycles. The summed E-state index contributed by atoms with van der Waals surface area (Å²) >= 11 is 0. The second kappa shape index (κ2) is 25.9. The topological polar surface area (TPSA) is 105 Å². The fourth-order valence-corrected chi connectivity index (χ4v) is 4.75. The van der Waals surface area contributed by atoms with Gasteiger partial charge in [0.1, 0.15) is 18.8 Å². The fourth-order valence-electron chi connectivity index (χ4n) is 4.75. The molecule has 0 bridgehead atoms. The van der Waals surface area contributed by atoms with Gasteiger partial charge in [0.25, 0.3) is 0 Å². The van der Waals surface area contributed by atoms with Crippen LogP contribution in [-0.2, 0) is 25.7 Å². The lowest BCUT2D eigenvalue weighted by molar-refractivity contribution is -0.385. The normalized spacial score (nSPS) is 10.7. The lowest BCUT2D eigenvalue weighted by Crippen LogP contribution is -2.19. The number of rotatable bonds is 23. The van der Waals surface area contributed by atoms with Crippen molar-refractivity contribution in [3.05, 3.63) is 70.3 Å². The van der Waals surface area contributed by atoms with Gasteiger partial charge in [-0.3, -0.25) is 19.7 Å². The number of carbonyl (C=O) groups is 2. The molecule has 0 spiro atoms. The maximum Gasteiger partial charge on any atom is 0.310 e. The molecule has 45 heavy (non-hydrogen) atoms. The van der Waals surface area contributed by atoms with E-state index in [4.69, 9.17) is 14.2 Å². The lowest BCUT2D eigenvalue weighted by atomic mass is 10.1. The Kier molecular flexibility index (Phi) is 22.8. The largest absolute Gasteiger partial charge is 0.482 e. The lowest BCUT2D eigenvalue weighted by Gasteiger charge is -2.18. The minimum Gasteiger partial charge on any atom is -0.482 e. The number of hydrogen-bond acceptors (Lipinski definition) is 7. The zero-order chi connectivity index (χ0) is 33.1. The summed E-state index contributed by atoms with van der Waals surface area (Å²) in [5.74, 6) is 0.0602. The van der Waals surface area contributed by atoms with Crippen molar-refractivity contribution in [2.24, 2.45) is 0 Å². The fraction of sp³-hybridized carbons (Fsp3) is 0.622. The van der Waals surface area contributed by atoms with E-state index in [2.05, 4.69) is 27.7 Å². The smallest absolute Gasteiger partial charge is 0.310 e. The van der Waals surface area contributed by atoms with E-state index in [1.165, 1.54) is 6.07 Å². The van der Waals surface area contributed by atoms with Gasteiger partial charge in [0.05, 0.1) is 4.92 Å². The highest BCUT2D eigenvalue weighted by Crippen LogP contribution is 2.26. The van der Waals surface area contributed by atoms with Gasteiger partial charge in [0.15, 0.2) is 5.75 Å². The average molecular weight is 628 g/mol. The quantitative estimate of drug-likeness (QED) is 0.0522. The Bertz CT molecular complexity index is 1010. The standard InChI is InChI=1S/C24H46O4.C13H11NO3/c1-5-9-15-21(16-10-6-2)27-23(25)19-13-14-20-24(26)28-22(17-11-7-3)18-12-8-4;15-14(16)12-8-4-5-9-13(12)17-10-11-6-2-1-3-7-11/h21-22H,5-20H2,1-4H3;1-9H,10H2. The van der Waals surface area contributed by atoms with Crippen LogP contribution in [0.4, 0.5) is 5.69 Å². The molecule has 0 atom stereocenters. The van der Waals surface area contributed by atoms with Gasteiger partial charge in [-0.1, -0.05) is 122 Å². The van der Waals surface area contributed by atoms with Crippen molar-refractivity contribution in [3.63, 3.8) is 0 Å². The number of esters is 2. The minimum atomic E-state index is -0.444. The molecule has 8 nitrogen and oxygen atoms in total. The number of nitro benzene ring substituents is 1. The van der Waals surface area contributed by atoms with E-state index in [1.807, 2.05) is 30.3 Å². The summed E-state index contributed by atoms with van der Waals surface area (Å²) in [6.45, 7) is 8.96. The monoisotopic (exact) mass is 627 g/mol. The number of hydrogen-bond donors (Lipinski definition) is 0. The van der Waals surface area contributed by atoms with E-state index in [0.29, 0.717) is 38.0 Å². The zero-order valence-corrected chi connectivity index (χ0v) is 28.2. The Morgan fingerprint density at radius 1 is 0.644 bits per heavy atom. The van der Waals surface area contributed by atoms with E-state index < -0.39 is 4.92 Å². The molecule has 0 amide bonds. The highest BCUT2D eigenvalue weighted by Gasteiger charge is 2.16. The summed E-state index contributed by atoms with van der Waals surface area (Å²) in [6.07, 6.45) is 15.1. The first kappa shape index (κ1) is 39.6. The summed E-state index contributed by atoms with van der Waals surface area (Å²) in [5.41, 5.74) is 0.967. The first-order chi connectivity index (χ1) is 21.8. The number of benzene rings is 2. The maximum atomic E-state index is 12.1. The van der Waals surface area contributed by atoms with Crippen molar-refractivity contribution >= 4 is 17.6 Å². The molecule has 0 saturated carbocycles. The summed E-state index contributed by atoms with van der Waals surface area (Å²) in [5, 5.41) is 10.8. The molecule has 0 unspecified atom stereocenters. The number of carbonyl (C=O) groups excluding carboxylic acids is 2. The van der Waals surface area contributed by atoms with Crippen molar-refractivity contribution < 1.29 is 28.7 Å². The summed E-state index contributed by atoms with van der Waals surface area (Å²) in [6, 6.07) is 15.9. The molecule has 0 aliphatic carbocycles. The number of unbranched alkanes of at least 4 members (excludes halogenated alkanes) is 5. The van der Waals surface area contributed by atoms with Gasteiger partial charge >= 0.3 is 17.6 Å². The van der Waals surface area contributed by atoms with Crippen LogP contribution in [0.1, 0.15) is 136 Å². The van der Waals surface area contributed by atoms with Gasteiger partial charge in [-0.2, -0.15) is 0 Å². The van der Waals surface area contributed by atoms with Crippen molar-refractivity contribution in [1.82, 2.24) is 0 Å². The summed E-state index contributed by atoms with van der Waals surface area (Å²) in [4.78, 5) is 34.5. The first-order valence-corrected chi connectivity index (χ1v) is 17.1. The van der Waals surface area contributed by atoms with Crippen LogP contribution in [-0.4, -0.2) is 29.1 Å². The molecule has 0 aromatic heterocycles. The number of nitro groups is 1. The number of para-hydroxylation sites is 2. The number of ether oxygens (including phenoxy) is 3. The van der Waals surface area contributed by atoms with E-state index in [9.17, 15) is 19.7 Å². The van der Waals surface area contributed by atoms with Crippen molar-refractivity contribution in [2.75, 3.05) is 0 Å². The Hall–Kier alpha value is -3.42. The zero-order valence-electron chi connectivity index (χ0n) is 28.2. The molecule has 252 valence electrons. The second-order valence-corrected chi connectivity index (χ2v) is 11.5. The molecule has 0 radical (unpaired) electrons. The molecule has 0 fully saturated rings. The van der Waals surface area contributed by atoms with Crippen LogP contribution in [0.25, 0.3) is 0 Å². The summed E-state index contributed by atoms with van der Waals surface area (Å²) < 4.78 is 16.8. The van der Waals surface area contributed by atoms with Gasteiger partial charge in [-0.25, -0.2) is 0 Å². The predicted octanol–water partition coefficient (Wildman–Crippen LogP) is 10.3. The minimum absolute atomic E-state index is 0.0107. The average Bonchev–Trinajstić information content (AvgIpc) is 3.05. The molecular formula is C37H57NO7. The van der Waals surface area contributed by atoms with Gasteiger partial charge in [0, 0.05) is 18.9 Å². The molecule has 0 N–H and O–H groups in total. The third kappa shape index (κ3) is 19.6. The Morgan fingerprint density at radius 3 is 1.49 bits per heavy atom. The Balaban J connectivity index is 0.000000502. The third-order valence-electron chi connectivity index (χ3n) is 7.43. The molecular weight excluding hydrogens is 570 g/mol. The highest BCUT2D eigenvalue weighted by molar-refractivity contribution is 5.70. The van der Waals surface area contributed by atoms with Crippen molar-refractivity contribution in [3.8, 4) is 5.75 Å². The van der Waals surface area contributed by atoms with Crippen LogP contribution in [0.3, 0.4) is 0 Å². The molecule has 0 saturated heterocycles. The van der Waals surface area contributed by atoms with Crippen LogP contribution in [0, 0.1) is 10.1 Å². The molecule has 2 aromatic carbocycles. The van der Waals surface area contributed by atoms with Gasteiger partial charge < -0.3 is 14.2 Å². The van der Waals surface area contributed by atoms with E-state index >= 15 is 0 Å². The molecule has 2 rings (SSSR count). The number of nitrogens with zero attached hydrogens (tertiary/aromatic N) is 1. The van der Waals surface area contributed by atoms with Gasteiger partial charge in [-0.15, -0.1) is 0 Å². The molecule has 8 heteroatoms. The van der Waals surface area contributed by atoms with Crippen LogP contribution in [0.2, 0.25) is 0 Å².